The predicted molar refractivity (Wildman–Crippen MR) is 79.3 cm³/mol. The van der Waals surface area contributed by atoms with Gasteiger partial charge >= 0.3 is 16.2 Å². The number of rotatable bonds is 6. The fraction of sp³-hybridized carbons (Fsp3) is 0.300. The van der Waals surface area contributed by atoms with Gasteiger partial charge < -0.3 is 5.11 Å². The Balaban J connectivity index is 2.81. The molecule has 0 aliphatic carbocycles. The molecule has 0 atom stereocenters. The molecular weight excluding hydrogens is 404 g/mol. The number of aliphatic carboxylic acids is 1. The molecule has 1 rings (SSSR count). The van der Waals surface area contributed by atoms with Crippen molar-refractivity contribution in [3.63, 3.8) is 0 Å². The molecule has 0 saturated heterocycles. The van der Waals surface area contributed by atoms with Crippen LogP contribution < -0.4 is 4.72 Å². The molecule has 0 fully saturated rings. The number of hydrogen-bond donors (Lipinski definition) is 2. The first kappa shape index (κ1) is 16.4. The van der Waals surface area contributed by atoms with E-state index in [2.05, 4.69) is 36.6 Å². The van der Waals surface area contributed by atoms with E-state index < -0.39 is 16.2 Å². The summed E-state index contributed by atoms with van der Waals surface area (Å²) in [4.78, 5) is 10.4. The van der Waals surface area contributed by atoms with E-state index in [1.807, 2.05) is 0 Å². The summed E-state index contributed by atoms with van der Waals surface area (Å²) in [6, 6.07) is 4.99. The molecule has 19 heavy (non-hydrogen) atoms. The zero-order chi connectivity index (χ0) is 14.6. The minimum Gasteiger partial charge on any atom is -0.481 e. The summed E-state index contributed by atoms with van der Waals surface area (Å²) in [5.74, 6) is -1.05. The lowest BCUT2D eigenvalue weighted by Gasteiger charge is -2.18. The normalized spacial score (nSPS) is 11.6. The van der Waals surface area contributed by atoms with Crippen molar-refractivity contribution in [2.75, 3.05) is 18.3 Å². The van der Waals surface area contributed by atoms with E-state index in [1.54, 1.807) is 18.2 Å². The largest absolute Gasteiger partial charge is 0.481 e. The quantitative estimate of drug-likeness (QED) is 0.746. The van der Waals surface area contributed by atoms with Crippen LogP contribution in [0.1, 0.15) is 6.42 Å². The van der Waals surface area contributed by atoms with Gasteiger partial charge in [0.15, 0.2) is 0 Å². The summed E-state index contributed by atoms with van der Waals surface area (Å²) in [6.07, 6.45) is -0.251. The molecule has 6 nitrogen and oxygen atoms in total. The highest BCUT2D eigenvalue weighted by Crippen LogP contribution is 2.27. The van der Waals surface area contributed by atoms with Crippen LogP contribution in [0.4, 0.5) is 5.69 Å². The molecule has 1 aromatic carbocycles. The number of carboxylic acids is 1. The molecule has 2 N–H and O–H groups in total. The number of carboxylic acid groups (broad SMARTS) is 1. The molecule has 0 aliphatic heterocycles. The first-order valence-corrected chi connectivity index (χ1v) is 8.16. The molecule has 0 heterocycles. The number of halogens is 2. The Hall–Kier alpha value is -0.640. The van der Waals surface area contributed by atoms with Gasteiger partial charge in [0.1, 0.15) is 0 Å². The summed E-state index contributed by atoms with van der Waals surface area (Å²) >= 11 is 6.50. The number of nitrogens with one attached hydrogen (secondary N) is 1. The summed E-state index contributed by atoms with van der Waals surface area (Å²) in [7, 11) is -2.45. The van der Waals surface area contributed by atoms with Crippen molar-refractivity contribution in [3.05, 3.63) is 27.1 Å². The van der Waals surface area contributed by atoms with Crippen LogP contribution in [-0.2, 0) is 15.0 Å². The van der Waals surface area contributed by atoms with Crippen molar-refractivity contribution in [1.82, 2.24) is 4.31 Å². The maximum Gasteiger partial charge on any atom is 0.304 e. The Bertz CT molecular complexity index is 577. The van der Waals surface area contributed by atoms with Crippen molar-refractivity contribution in [2.45, 2.75) is 6.42 Å². The maximum atomic E-state index is 11.9. The van der Waals surface area contributed by atoms with Gasteiger partial charge in [-0.1, -0.05) is 15.9 Å². The Morgan fingerprint density at radius 2 is 2.05 bits per heavy atom. The van der Waals surface area contributed by atoms with Crippen molar-refractivity contribution in [3.8, 4) is 0 Å². The lowest BCUT2D eigenvalue weighted by Crippen LogP contribution is -2.34. The van der Waals surface area contributed by atoms with Crippen LogP contribution >= 0.6 is 31.9 Å². The molecule has 0 bridgehead atoms. The van der Waals surface area contributed by atoms with Gasteiger partial charge in [-0.3, -0.25) is 9.52 Å². The second-order valence-electron chi connectivity index (χ2n) is 3.70. The summed E-state index contributed by atoms with van der Waals surface area (Å²) in [5.41, 5.74) is 0.380. The Morgan fingerprint density at radius 1 is 1.42 bits per heavy atom. The summed E-state index contributed by atoms with van der Waals surface area (Å²) < 4.78 is 28.6. The first-order chi connectivity index (χ1) is 8.72. The first-order valence-electron chi connectivity index (χ1n) is 5.13. The van der Waals surface area contributed by atoms with Crippen LogP contribution in [-0.4, -0.2) is 37.4 Å². The van der Waals surface area contributed by atoms with E-state index in [9.17, 15) is 13.2 Å². The zero-order valence-electron chi connectivity index (χ0n) is 9.93. The highest BCUT2D eigenvalue weighted by atomic mass is 79.9. The minimum absolute atomic E-state index is 0.0984. The van der Waals surface area contributed by atoms with E-state index in [4.69, 9.17) is 5.11 Å². The van der Waals surface area contributed by atoms with Gasteiger partial charge in [-0.15, -0.1) is 0 Å². The predicted octanol–water partition coefficient (Wildman–Crippen LogP) is 2.27. The Kier molecular flexibility index (Phi) is 5.78. The highest BCUT2D eigenvalue weighted by Gasteiger charge is 2.19. The third kappa shape index (κ3) is 5.09. The molecular formula is C10H12Br2N2O4S. The van der Waals surface area contributed by atoms with Crippen LogP contribution in [0.5, 0.6) is 0 Å². The van der Waals surface area contributed by atoms with Gasteiger partial charge in [0.2, 0.25) is 0 Å². The molecule has 0 amide bonds. The molecule has 1 aromatic rings. The van der Waals surface area contributed by atoms with Gasteiger partial charge in [0.05, 0.1) is 12.1 Å². The van der Waals surface area contributed by atoms with Crippen molar-refractivity contribution in [2.24, 2.45) is 0 Å². The summed E-state index contributed by atoms with van der Waals surface area (Å²) in [6.45, 7) is -0.0984. The average molecular weight is 416 g/mol. The van der Waals surface area contributed by atoms with E-state index >= 15 is 0 Å². The van der Waals surface area contributed by atoms with E-state index in [0.29, 0.717) is 10.2 Å². The third-order valence-electron chi connectivity index (χ3n) is 2.22. The monoisotopic (exact) mass is 414 g/mol. The number of hydrogen-bond acceptors (Lipinski definition) is 3. The molecule has 0 saturated carbocycles. The van der Waals surface area contributed by atoms with E-state index in [0.717, 1.165) is 8.78 Å². The van der Waals surface area contributed by atoms with Crippen LogP contribution in [0.15, 0.2) is 27.1 Å². The highest BCUT2D eigenvalue weighted by molar-refractivity contribution is 9.11. The van der Waals surface area contributed by atoms with Gasteiger partial charge in [-0.2, -0.15) is 12.7 Å². The van der Waals surface area contributed by atoms with Crippen molar-refractivity contribution >= 4 is 53.7 Å². The van der Waals surface area contributed by atoms with E-state index in [1.165, 1.54) is 7.05 Å². The molecule has 0 radical (unpaired) electrons. The van der Waals surface area contributed by atoms with Gasteiger partial charge in [0.25, 0.3) is 0 Å². The van der Waals surface area contributed by atoms with Gasteiger partial charge in [-0.25, -0.2) is 0 Å². The van der Waals surface area contributed by atoms with Crippen LogP contribution in [0.2, 0.25) is 0 Å². The SMILES string of the molecule is CN(CCC(=O)O)S(=O)(=O)Nc1ccc(Br)cc1Br. The number of carbonyl (C=O) groups is 1. The standard InChI is InChI=1S/C10H12Br2N2O4S/c1-14(5-4-10(15)16)19(17,18)13-9-3-2-7(11)6-8(9)12/h2-3,6,13H,4-5H2,1H3,(H,15,16). The average Bonchev–Trinajstić information content (AvgIpc) is 2.29. The fourth-order valence-corrected chi connectivity index (χ4v) is 3.38. The van der Waals surface area contributed by atoms with Crippen LogP contribution in [0.25, 0.3) is 0 Å². The van der Waals surface area contributed by atoms with Crippen LogP contribution in [0.3, 0.4) is 0 Å². The fourth-order valence-electron chi connectivity index (χ4n) is 1.16. The second-order valence-corrected chi connectivity index (χ2v) is 7.24. The summed E-state index contributed by atoms with van der Waals surface area (Å²) in [5, 5.41) is 8.54. The molecule has 0 spiro atoms. The molecule has 0 aromatic heterocycles. The molecule has 0 unspecified atom stereocenters. The zero-order valence-corrected chi connectivity index (χ0v) is 13.9. The molecule has 0 aliphatic rings. The van der Waals surface area contributed by atoms with Crippen LogP contribution in [0, 0.1) is 0 Å². The molecule has 9 heteroatoms. The van der Waals surface area contributed by atoms with E-state index in [-0.39, 0.29) is 13.0 Å². The number of nitrogens with zero attached hydrogens (tertiary/aromatic N) is 1. The van der Waals surface area contributed by atoms with Gasteiger partial charge in [-0.05, 0) is 34.1 Å². The lowest BCUT2D eigenvalue weighted by atomic mass is 10.3. The lowest BCUT2D eigenvalue weighted by molar-refractivity contribution is -0.137. The smallest absolute Gasteiger partial charge is 0.304 e. The number of anilines is 1. The second kappa shape index (κ2) is 6.69. The number of benzene rings is 1. The minimum atomic E-state index is -3.77. The third-order valence-corrected chi connectivity index (χ3v) is 4.85. The Morgan fingerprint density at radius 3 is 2.58 bits per heavy atom. The molecule has 106 valence electrons. The Labute approximate surface area is 128 Å². The van der Waals surface area contributed by atoms with Crippen molar-refractivity contribution < 1.29 is 18.3 Å². The maximum absolute atomic E-state index is 11.9. The van der Waals surface area contributed by atoms with Crippen molar-refractivity contribution in [1.29, 1.82) is 0 Å². The topological polar surface area (TPSA) is 86.7 Å². The van der Waals surface area contributed by atoms with Gasteiger partial charge in [0, 0.05) is 22.5 Å².